The van der Waals surface area contributed by atoms with Gasteiger partial charge in [-0.3, -0.25) is 4.98 Å². The maximum Gasteiger partial charge on any atom is 0.0711 e. The molecule has 0 bridgehead atoms. The van der Waals surface area contributed by atoms with Crippen molar-refractivity contribution in [2.45, 2.75) is 49.5 Å². The van der Waals surface area contributed by atoms with E-state index in [1.165, 1.54) is 88.8 Å². The van der Waals surface area contributed by atoms with Gasteiger partial charge in [-0.15, -0.1) is 0 Å². The molecule has 59 heavy (non-hydrogen) atoms. The van der Waals surface area contributed by atoms with Crippen LogP contribution in [0.15, 0.2) is 182 Å². The first-order valence-electron chi connectivity index (χ1n) is 21.5. The number of benzene rings is 5. The van der Waals surface area contributed by atoms with Gasteiger partial charge in [-0.1, -0.05) is 134 Å². The van der Waals surface area contributed by atoms with Crippen LogP contribution in [0.25, 0.3) is 49.9 Å². The van der Waals surface area contributed by atoms with Crippen molar-refractivity contribution in [3.8, 4) is 0 Å². The summed E-state index contributed by atoms with van der Waals surface area (Å²) >= 11 is 0. The van der Waals surface area contributed by atoms with Crippen LogP contribution < -0.4 is 4.90 Å². The van der Waals surface area contributed by atoms with E-state index in [1.54, 1.807) is 0 Å². The van der Waals surface area contributed by atoms with E-state index in [0.717, 1.165) is 37.6 Å². The Hall–Kier alpha value is -6.71. The number of fused-ring (bicyclic) bond motifs is 16. The summed E-state index contributed by atoms with van der Waals surface area (Å²) in [4.78, 5) is 7.68. The summed E-state index contributed by atoms with van der Waals surface area (Å²) in [6.45, 7) is 0. The van der Waals surface area contributed by atoms with Crippen LogP contribution in [0.1, 0.15) is 65.1 Å². The molecule has 0 amide bonds. The minimum atomic E-state index is -0.397. The van der Waals surface area contributed by atoms with Crippen molar-refractivity contribution in [3.05, 3.63) is 215 Å². The minimum absolute atomic E-state index is 0.199. The van der Waals surface area contributed by atoms with Gasteiger partial charge in [0.05, 0.1) is 22.5 Å². The first-order chi connectivity index (χ1) is 29.3. The average molecular weight is 758 g/mol. The number of pyridine rings is 1. The molecule has 2 aromatic heterocycles. The van der Waals surface area contributed by atoms with Crippen molar-refractivity contribution in [2.75, 3.05) is 4.90 Å². The number of allylic oxidation sites excluding steroid dienone is 11. The van der Waals surface area contributed by atoms with Crippen molar-refractivity contribution >= 4 is 61.3 Å². The molecule has 1 spiro atoms. The molecule has 6 aliphatic rings. The third-order valence-electron chi connectivity index (χ3n) is 14.4. The predicted octanol–water partition coefficient (Wildman–Crippen LogP) is 13.6. The van der Waals surface area contributed by atoms with Gasteiger partial charge in [0.1, 0.15) is 0 Å². The molecule has 0 aliphatic heterocycles. The van der Waals surface area contributed by atoms with E-state index in [0.29, 0.717) is 0 Å². The average Bonchev–Trinajstić information content (AvgIpc) is 3.91. The largest absolute Gasteiger partial charge is 0.334 e. The van der Waals surface area contributed by atoms with Gasteiger partial charge in [0.15, 0.2) is 0 Å². The first-order valence-corrected chi connectivity index (χ1v) is 21.5. The van der Waals surface area contributed by atoms with Crippen LogP contribution in [0.2, 0.25) is 0 Å². The van der Waals surface area contributed by atoms with Crippen LogP contribution in [0.5, 0.6) is 0 Å². The molecule has 5 aromatic carbocycles. The molecular weight excluding hydrogens is 715 g/mol. The van der Waals surface area contributed by atoms with Crippen molar-refractivity contribution in [2.24, 2.45) is 5.92 Å². The number of para-hydroxylation sites is 2. The van der Waals surface area contributed by atoms with Crippen molar-refractivity contribution in [1.29, 1.82) is 0 Å². The number of hydrogen-bond donors (Lipinski definition) is 0. The third kappa shape index (κ3) is 4.56. The second-order valence-electron chi connectivity index (χ2n) is 17.1. The summed E-state index contributed by atoms with van der Waals surface area (Å²) in [5.74, 6) is 0.403. The third-order valence-corrected chi connectivity index (χ3v) is 14.4. The van der Waals surface area contributed by atoms with Gasteiger partial charge in [0.2, 0.25) is 0 Å². The highest BCUT2D eigenvalue weighted by Gasteiger charge is 2.58. The van der Waals surface area contributed by atoms with Crippen LogP contribution in [0.4, 0.5) is 11.4 Å². The molecule has 13 rings (SSSR count). The summed E-state index contributed by atoms with van der Waals surface area (Å²) in [6.07, 6.45) is 33.3. The lowest BCUT2D eigenvalue weighted by atomic mass is 9.64. The Bertz CT molecular complexity index is 3160. The van der Waals surface area contributed by atoms with Crippen LogP contribution in [0, 0.1) is 5.92 Å². The molecule has 4 unspecified atom stereocenters. The fourth-order valence-corrected chi connectivity index (χ4v) is 12.1. The molecule has 0 N–H and O–H groups in total. The lowest BCUT2D eigenvalue weighted by molar-refractivity contribution is 0.462. The van der Waals surface area contributed by atoms with Crippen LogP contribution in [-0.2, 0) is 11.8 Å². The maximum atomic E-state index is 5.11. The molecule has 7 aromatic rings. The van der Waals surface area contributed by atoms with Gasteiger partial charge in [0.25, 0.3) is 0 Å². The molecule has 2 heterocycles. The van der Waals surface area contributed by atoms with Crippen molar-refractivity contribution in [1.82, 2.24) is 9.55 Å². The highest BCUT2D eigenvalue weighted by molar-refractivity contribution is 6.09. The van der Waals surface area contributed by atoms with Crippen molar-refractivity contribution in [3.63, 3.8) is 0 Å². The number of hydrogen-bond acceptors (Lipinski definition) is 2. The zero-order valence-corrected chi connectivity index (χ0v) is 32.9. The topological polar surface area (TPSA) is 21.1 Å². The predicted molar refractivity (Wildman–Crippen MR) is 246 cm³/mol. The number of aromatic nitrogens is 2. The maximum absolute atomic E-state index is 5.11. The van der Waals surface area contributed by atoms with Crippen LogP contribution >= 0.6 is 0 Å². The van der Waals surface area contributed by atoms with E-state index in [9.17, 15) is 0 Å². The highest BCUT2D eigenvalue weighted by Crippen LogP contribution is 2.67. The molecular formula is C56H43N3. The zero-order chi connectivity index (χ0) is 38.7. The number of nitrogens with zero attached hydrogens (tertiary/aromatic N) is 3. The fourth-order valence-electron chi connectivity index (χ4n) is 12.1. The summed E-state index contributed by atoms with van der Waals surface area (Å²) in [5, 5.41) is 5.15. The molecule has 0 saturated carbocycles. The van der Waals surface area contributed by atoms with E-state index in [4.69, 9.17) is 4.98 Å². The Balaban J connectivity index is 1.12. The van der Waals surface area contributed by atoms with Gasteiger partial charge in [-0.2, -0.15) is 0 Å². The Morgan fingerprint density at radius 2 is 1.54 bits per heavy atom. The van der Waals surface area contributed by atoms with Crippen LogP contribution in [-0.4, -0.2) is 15.6 Å². The summed E-state index contributed by atoms with van der Waals surface area (Å²) in [5.41, 5.74) is 17.5. The van der Waals surface area contributed by atoms with E-state index >= 15 is 0 Å². The molecule has 0 radical (unpaired) electrons. The monoisotopic (exact) mass is 757 g/mol. The van der Waals surface area contributed by atoms with Gasteiger partial charge >= 0.3 is 0 Å². The van der Waals surface area contributed by atoms with E-state index in [-0.39, 0.29) is 17.9 Å². The van der Waals surface area contributed by atoms with E-state index in [1.807, 2.05) is 0 Å². The Kier molecular flexibility index (Phi) is 7.13. The molecule has 6 aliphatic carbocycles. The van der Waals surface area contributed by atoms with E-state index in [2.05, 4.69) is 192 Å². The molecule has 0 saturated heterocycles. The highest BCUT2D eigenvalue weighted by atomic mass is 15.2. The second-order valence-corrected chi connectivity index (χ2v) is 17.1. The fraction of sp³-hybridized carbons (Fsp3) is 0.161. The second kappa shape index (κ2) is 12.6. The smallest absolute Gasteiger partial charge is 0.0711 e. The zero-order valence-electron chi connectivity index (χ0n) is 32.9. The lowest BCUT2D eigenvalue weighted by Gasteiger charge is -2.39. The Morgan fingerprint density at radius 1 is 0.695 bits per heavy atom. The van der Waals surface area contributed by atoms with Gasteiger partial charge < -0.3 is 9.47 Å². The standard InChI is InChI=1S/C56H43N3/c1-3-16-37(17-4-1)58(38-18-5-2-6-19-38)39-27-29-42-43-30-28-40(59-52-25-13-10-21-44(52)45-22-11-14-26-53(45)59)34-50(43)56(49(42)33-39)47-24-12-9-23-46(47)54-48(56)31-32-51-55(54)41-20-8-7-15-36(41)35-57-51/h1-13,15-18,20-25,27,29,31-35,38,46-47H,14,19,26,28,30H2. The summed E-state index contributed by atoms with van der Waals surface area (Å²) in [7, 11) is 0. The molecule has 3 heteroatoms. The van der Waals surface area contributed by atoms with Gasteiger partial charge in [0, 0.05) is 62.5 Å². The Morgan fingerprint density at radius 3 is 2.46 bits per heavy atom. The lowest BCUT2D eigenvalue weighted by Crippen LogP contribution is -2.35. The summed E-state index contributed by atoms with van der Waals surface area (Å²) < 4.78 is 2.65. The SMILES string of the molecule is C1=CCC(N(c2ccccc2)c2ccc3c(c2)C2(C4=C3CCC(n3c5c(c6ccccc63)C=CCC5)=C4)c3ccc4ncc5ccccc5c4c3C3C=CC=CC32)C=C1. The molecule has 3 nitrogen and oxygen atoms in total. The normalized spacial score (nSPS) is 23.2. The minimum Gasteiger partial charge on any atom is -0.334 e. The first kappa shape index (κ1) is 33.3. The van der Waals surface area contributed by atoms with Crippen molar-refractivity contribution < 1.29 is 0 Å². The molecule has 4 atom stereocenters. The quantitative estimate of drug-likeness (QED) is 0.167. The summed E-state index contributed by atoms with van der Waals surface area (Å²) in [6, 6.07) is 41.4. The van der Waals surface area contributed by atoms with E-state index < -0.39 is 5.41 Å². The molecule has 0 fully saturated rings. The molecule has 282 valence electrons. The number of anilines is 2. The number of rotatable bonds is 4. The van der Waals surface area contributed by atoms with Gasteiger partial charge in [-0.25, -0.2) is 0 Å². The van der Waals surface area contributed by atoms with Crippen LogP contribution in [0.3, 0.4) is 0 Å². The Labute approximate surface area is 345 Å². The van der Waals surface area contributed by atoms with Gasteiger partial charge in [-0.05, 0) is 113 Å².